The van der Waals surface area contributed by atoms with E-state index in [1.165, 1.54) is 25.7 Å². The Hall–Kier alpha value is -1.30. The fourth-order valence-corrected chi connectivity index (χ4v) is 0.874. The zero-order chi connectivity index (χ0) is 12.2. The lowest BCUT2D eigenvalue weighted by atomic mass is 10.3. The van der Waals surface area contributed by atoms with Crippen molar-refractivity contribution in [3.8, 4) is 0 Å². The number of H-pyrrole nitrogens is 3. The summed E-state index contributed by atoms with van der Waals surface area (Å²) in [6.45, 7) is 6.28. The molecular formula is C10H21N3O3. The maximum atomic E-state index is 9.95. The fraction of sp³-hybridized carbons (Fsp3) is 0.800. The molecule has 6 nitrogen and oxygen atoms in total. The third kappa shape index (κ3) is 9.26. The summed E-state index contributed by atoms with van der Waals surface area (Å²) in [4.78, 5) is 21.8. The van der Waals surface area contributed by atoms with Crippen molar-refractivity contribution in [3.05, 3.63) is 21.0 Å². The van der Waals surface area contributed by atoms with E-state index in [1.807, 2.05) is 15.2 Å². The summed E-state index contributed by atoms with van der Waals surface area (Å²) in [6, 6.07) is 0. The van der Waals surface area contributed by atoms with E-state index in [0.29, 0.717) is 0 Å². The Balaban J connectivity index is 0.000000288. The maximum absolute atomic E-state index is 9.95. The predicted molar refractivity (Wildman–Crippen MR) is 62.7 cm³/mol. The number of hydrogen-bond donors (Lipinski definition) is 3. The van der Waals surface area contributed by atoms with Gasteiger partial charge in [-0.25, -0.2) is 19.8 Å². The first kappa shape index (κ1) is 14.7. The van der Waals surface area contributed by atoms with E-state index in [1.54, 1.807) is 0 Å². The molecule has 0 fully saturated rings. The molecule has 0 bridgehead atoms. The predicted octanol–water partition coefficient (Wildman–Crippen LogP) is 0.994. The van der Waals surface area contributed by atoms with Crippen molar-refractivity contribution in [2.24, 2.45) is 0 Å². The molecule has 0 aliphatic rings. The molecule has 3 N–H and O–H groups in total. The SMILES string of the molecule is CCCCOCCCC.O=c1[nH][nH]c(=O)[nH]1. The van der Waals surface area contributed by atoms with Gasteiger partial charge in [0.2, 0.25) is 0 Å². The van der Waals surface area contributed by atoms with Crippen molar-refractivity contribution >= 4 is 0 Å². The van der Waals surface area contributed by atoms with Crippen LogP contribution in [0.4, 0.5) is 0 Å². The Morgan fingerprint density at radius 1 is 0.938 bits per heavy atom. The average molecular weight is 231 g/mol. The van der Waals surface area contributed by atoms with Gasteiger partial charge in [-0.1, -0.05) is 26.7 Å². The summed E-state index contributed by atoms with van der Waals surface area (Å²) in [5, 5.41) is 4.04. The lowest BCUT2D eigenvalue weighted by molar-refractivity contribution is 0.128. The molecule has 1 aromatic heterocycles. The number of rotatable bonds is 6. The van der Waals surface area contributed by atoms with E-state index in [9.17, 15) is 9.59 Å². The monoisotopic (exact) mass is 231 g/mol. The van der Waals surface area contributed by atoms with E-state index in [-0.39, 0.29) is 0 Å². The highest BCUT2D eigenvalue weighted by molar-refractivity contribution is 4.52. The summed E-state index contributed by atoms with van der Waals surface area (Å²) in [5.41, 5.74) is -1.02. The van der Waals surface area contributed by atoms with Crippen LogP contribution in [0.3, 0.4) is 0 Å². The Morgan fingerprint density at radius 3 is 1.62 bits per heavy atom. The molecule has 94 valence electrons. The smallest absolute Gasteiger partial charge is 0.341 e. The third-order valence-electron chi connectivity index (χ3n) is 1.80. The normalized spacial score (nSPS) is 9.62. The molecule has 0 aliphatic carbocycles. The molecule has 16 heavy (non-hydrogen) atoms. The minimum atomic E-state index is -0.509. The lowest BCUT2D eigenvalue weighted by Crippen LogP contribution is -2.07. The minimum Gasteiger partial charge on any atom is -0.381 e. The molecule has 0 atom stereocenters. The quantitative estimate of drug-likeness (QED) is 0.638. The van der Waals surface area contributed by atoms with Crippen molar-refractivity contribution in [3.63, 3.8) is 0 Å². The molecule has 1 rings (SSSR count). The second-order valence-electron chi connectivity index (χ2n) is 3.35. The van der Waals surface area contributed by atoms with Crippen LogP contribution in [0.2, 0.25) is 0 Å². The van der Waals surface area contributed by atoms with Gasteiger partial charge in [-0.05, 0) is 12.8 Å². The molecule has 0 unspecified atom stereocenters. The zero-order valence-electron chi connectivity index (χ0n) is 9.97. The van der Waals surface area contributed by atoms with Crippen molar-refractivity contribution in [1.82, 2.24) is 15.2 Å². The van der Waals surface area contributed by atoms with E-state index in [0.717, 1.165) is 13.2 Å². The number of ether oxygens (including phenoxy) is 1. The van der Waals surface area contributed by atoms with Crippen molar-refractivity contribution < 1.29 is 4.74 Å². The summed E-state index contributed by atoms with van der Waals surface area (Å²) >= 11 is 0. The van der Waals surface area contributed by atoms with Gasteiger partial charge >= 0.3 is 11.4 Å². The number of nitrogens with one attached hydrogen (secondary N) is 3. The van der Waals surface area contributed by atoms with Crippen LogP contribution >= 0.6 is 0 Å². The first-order chi connectivity index (χ1) is 7.70. The van der Waals surface area contributed by atoms with Gasteiger partial charge in [-0.2, -0.15) is 0 Å². The van der Waals surface area contributed by atoms with E-state index >= 15 is 0 Å². The van der Waals surface area contributed by atoms with Gasteiger partial charge in [-0.15, -0.1) is 0 Å². The van der Waals surface area contributed by atoms with Gasteiger partial charge in [0.15, 0.2) is 0 Å². The Morgan fingerprint density at radius 2 is 1.38 bits per heavy atom. The Kier molecular flexibility index (Phi) is 9.39. The fourth-order valence-electron chi connectivity index (χ4n) is 0.874. The summed E-state index contributed by atoms with van der Waals surface area (Å²) in [7, 11) is 0. The molecule has 0 saturated carbocycles. The van der Waals surface area contributed by atoms with Crippen molar-refractivity contribution in [1.29, 1.82) is 0 Å². The Labute approximate surface area is 94.4 Å². The highest BCUT2D eigenvalue weighted by Crippen LogP contribution is 1.91. The molecule has 6 heteroatoms. The van der Waals surface area contributed by atoms with Crippen LogP contribution in [0.15, 0.2) is 9.59 Å². The molecule has 0 aliphatic heterocycles. The van der Waals surface area contributed by atoms with Crippen molar-refractivity contribution in [2.75, 3.05) is 13.2 Å². The largest absolute Gasteiger partial charge is 0.381 e. The Bertz CT molecular complexity index is 309. The molecule has 1 aromatic rings. The van der Waals surface area contributed by atoms with Crippen LogP contribution in [-0.4, -0.2) is 28.4 Å². The van der Waals surface area contributed by atoms with E-state index in [4.69, 9.17) is 4.74 Å². The molecular weight excluding hydrogens is 210 g/mol. The molecule has 0 saturated heterocycles. The third-order valence-corrected chi connectivity index (χ3v) is 1.80. The van der Waals surface area contributed by atoms with Gasteiger partial charge in [0.1, 0.15) is 0 Å². The molecule has 0 spiro atoms. The second-order valence-corrected chi connectivity index (χ2v) is 3.35. The van der Waals surface area contributed by atoms with Crippen LogP contribution in [0.5, 0.6) is 0 Å². The molecule has 1 heterocycles. The highest BCUT2D eigenvalue weighted by atomic mass is 16.5. The second kappa shape index (κ2) is 10.2. The van der Waals surface area contributed by atoms with Gasteiger partial charge in [0.25, 0.3) is 0 Å². The number of unbranched alkanes of at least 4 members (excludes halogenated alkanes) is 2. The van der Waals surface area contributed by atoms with Gasteiger partial charge in [0.05, 0.1) is 0 Å². The lowest BCUT2D eigenvalue weighted by Gasteiger charge is -1.99. The van der Waals surface area contributed by atoms with Gasteiger partial charge < -0.3 is 4.74 Å². The van der Waals surface area contributed by atoms with Gasteiger partial charge in [0, 0.05) is 13.2 Å². The first-order valence-electron chi connectivity index (χ1n) is 5.65. The van der Waals surface area contributed by atoms with E-state index < -0.39 is 11.4 Å². The summed E-state index contributed by atoms with van der Waals surface area (Å²) in [6.07, 6.45) is 4.91. The van der Waals surface area contributed by atoms with Gasteiger partial charge in [-0.3, -0.25) is 4.98 Å². The summed E-state index contributed by atoms with van der Waals surface area (Å²) in [5.74, 6) is 0. The molecule has 0 radical (unpaired) electrons. The first-order valence-corrected chi connectivity index (χ1v) is 5.65. The maximum Gasteiger partial charge on any atom is 0.341 e. The van der Waals surface area contributed by atoms with Crippen LogP contribution in [0.1, 0.15) is 39.5 Å². The zero-order valence-corrected chi connectivity index (χ0v) is 9.97. The van der Waals surface area contributed by atoms with Crippen LogP contribution < -0.4 is 11.4 Å². The number of aromatic amines is 3. The number of aromatic nitrogens is 3. The van der Waals surface area contributed by atoms with Crippen LogP contribution in [0.25, 0.3) is 0 Å². The van der Waals surface area contributed by atoms with Crippen LogP contribution in [0, 0.1) is 0 Å². The van der Waals surface area contributed by atoms with Crippen LogP contribution in [-0.2, 0) is 4.74 Å². The average Bonchev–Trinajstić information content (AvgIpc) is 2.63. The van der Waals surface area contributed by atoms with E-state index in [2.05, 4.69) is 13.8 Å². The molecule has 0 aromatic carbocycles. The molecule has 0 amide bonds. The number of hydrogen-bond acceptors (Lipinski definition) is 3. The van der Waals surface area contributed by atoms with Crippen molar-refractivity contribution in [2.45, 2.75) is 39.5 Å². The summed E-state index contributed by atoms with van der Waals surface area (Å²) < 4.78 is 5.31. The highest BCUT2D eigenvalue weighted by Gasteiger charge is 1.84. The topological polar surface area (TPSA) is 90.7 Å². The standard InChI is InChI=1S/C8H18O.C2H3N3O2/c1-3-5-7-9-8-6-4-2;6-1-3-2(7)5-4-1/h3-8H2,1-2H3;(H3,3,4,5,6,7). The minimum absolute atomic E-state index is 0.509.